The third kappa shape index (κ3) is 3.89. The maximum atomic E-state index is 12.8. The van der Waals surface area contributed by atoms with E-state index in [2.05, 4.69) is 0 Å². The molecule has 0 heterocycles. The van der Waals surface area contributed by atoms with Crippen LogP contribution in [0.3, 0.4) is 0 Å². The van der Waals surface area contributed by atoms with E-state index in [0.717, 1.165) is 25.0 Å². The van der Waals surface area contributed by atoms with Crippen LogP contribution in [0.15, 0.2) is 35.9 Å². The lowest BCUT2D eigenvalue weighted by Gasteiger charge is -2.10. The molecule has 0 aliphatic heterocycles. The van der Waals surface area contributed by atoms with E-state index in [1.54, 1.807) is 12.1 Å². The lowest BCUT2D eigenvalue weighted by Crippen LogP contribution is -2.09. The van der Waals surface area contributed by atoms with Crippen molar-refractivity contribution < 1.29 is 19.4 Å². The molecule has 0 saturated heterocycles. The summed E-state index contributed by atoms with van der Waals surface area (Å²) in [5.41, 5.74) is -0.340. The third-order valence-electron chi connectivity index (χ3n) is 5.03. The summed E-state index contributed by atoms with van der Waals surface area (Å²) >= 11 is 0. The number of rotatable bonds is 7. The van der Waals surface area contributed by atoms with Gasteiger partial charge in [0.2, 0.25) is 0 Å². The zero-order chi connectivity index (χ0) is 23.4. The van der Waals surface area contributed by atoms with Crippen molar-refractivity contribution in [3.63, 3.8) is 0 Å². The Labute approximate surface area is 182 Å². The normalized spacial score (nSPS) is 11.0. The van der Waals surface area contributed by atoms with Gasteiger partial charge >= 0.3 is 5.97 Å². The first-order valence-corrected chi connectivity index (χ1v) is 9.67. The number of carbonyl (C=O) groups is 1. The number of allylic oxidation sites excluding steroid dienone is 1. The summed E-state index contributed by atoms with van der Waals surface area (Å²) < 4.78 is 5.30. The molecule has 0 atom stereocenters. The Balaban J connectivity index is 2.31. The zero-order valence-corrected chi connectivity index (χ0v) is 17.0. The fourth-order valence-electron chi connectivity index (χ4n) is 3.60. The molecule has 3 rings (SSSR count). The number of nitro groups is 2. The summed E-state index contributed by atoms with van der Waals surface area (Å²) in [5, 5.41) is 41.7. The van der Waals surface area contributed by atoms with E-state index in [9.17, 15) is 35.5 Å². The molecule has 0 N–H and O–H groups in total. The van der Waals surface area contributed by atoms with Crippen molar-refractivity contribution in [3.05, 3.63) is 72.8 Å². The van der Waals surface area contributed by atoms with Gasteiger partial charge in [0.05, 0.1) is 22.0 Å². The second-order valence-electron chi connectivity index (χ2n) is 6.98. The van der Waals surface area contributed by atoms with Crippen LogP contribution in [0.4, 0.5) is 11.4 Å². The van der Waals surface area contributed by atoms with Crippen molar-refractivity contribution in [2.75, 3.05) is 6.61 Å². The van der Waals surface area contributed by atoms with E-state index >= 15 is 0 Å². The van der Waals surface area contributed by atoms with Gasteiger partial charge in [-0.25, -0.2) is 4.79 Å². The summed E-state index contributed by atoms with van der Waals surface area (Å²) in [6.45, 7) is 2.11. The van der Waals surface area contributed by atoms with Crippen LogP contribution < -0.4 is 0 Å². The molecule has 0 spiro atoms. The van der Waals surface area contributed by atoms with Gasteiger partial charge in [-0.1, -0.05) is 19.8 Å². The maximum absolute atomic E-state index is 12.8. The van der Waals surface area contributed by atoms with E-state index in [0.29, 0.717) is 12.0 Å². The highest BCUT2D eigenvalue weighted by molar-refractivity contribution is 6.11. The highest BCUT2D eigenvalue weighted by Crippen LogP contribution is 2.49. The molecule has 0 amide bonds. The SMILES string of the molecule is CCCCCOC(=O)c1cc([N+](=O)[O-])cc2c1-c1ccc([N+](=O)[O-])cc1C2=C(C#N)C#N. The first-order valence-electron chi connectivity index (χ1n) is 9.67. The van der Waals surface area contributed by atoms with Gasteiger partial charge in [-0.15, -0.1) is 0 Å². The van der Waals surface area contributed by atoms with Gasteiger partial charge in [0, 0.05) is 35.4 Å². The summed E-state index contributed by atoms with van der Waals surface area (Å²) in [4.78, 5) is 34.3. The molecule has 2 aromatic rings. The van der Waals surface area contributed by atoms with Gasteiger partial charge in [-0.3, -0.25) is 20.2 Å². The minimum absolute atomic E-state index is 0.00688. The van der Waals surface area contributed by atoms with Gasteiger partial charge in [0.15, 0.2) is 0 Å². The number of non-ortho nitro benzene ring substituents is 2. The molecule has 0 unspecified atom stereocenters. The number of nitriles is 2. The largest absolute Gasteiger partial charge is 0.462 e. The first-order chi connectivity index (χ1) is 15.3. The van der Waals surface area contributed by atoms with Crippen LogP contribution in [0.1, 0.15) is 47.7 Å². The van der Waals surface area contributed by atoms with Crippen molar-refractivity contribution in [2.24, 2.45) is 0 Å². The first kappa shape index (κ1) is 22.1. The molecule has 0 bridgehead atoms. The number of hydrogen-bond acceptors (Lipinski definition) is 8. The standard InChI is InChI=1S/C22H16N4O6/c1-2-3-4-7-32-22(27)19-10-15(26(30)31)9-18-20(13(11-23)12-24)17-8-14(25(28)29)5-6-16(17)21(18)19/h5-6,8-10H,2-4,7H2,1H3. The summed E-state index contributed by atoms with van der Waals surface area (Å²) in [6, 6.07) is 9.49. The van der Waals surface area contributed by atoms with E-state index in [1.807, 2.05) is 6.92 Å². The van der Waals surface area contributed by atoms with Gasteiger partial charge in [0.1, 0.15) is 17.7 Å². The summed E-state index contributed by atoms with van der Waals surface area (Å²) in [7, 11) is 0. The highest BCUT2D eigenvalue weighted by atomic mass is 16.6. The summed E-state index contributed by atoms with van der Waals surface area (Å²) in [5.74, 6) is -0.790. The number of esters is 1. The number of carbonyl (C=O) groups excluding carboxylic acids is 1. The predicted octanol–water partition coefficient (Wildman–Crippen LogP) is 4.68. The van der Waals surface area contributed by atoms with E-state index in [1.165, 1.54) is 18.2 Å². The zero-order valence-electron chi connectivity index (χ0n) is 17.0. The molecule has 0 radical (unpaired) electrons. The van der Waals surface area contributed by atoms with Gasteiger partial charge in [-0.2, -0.15) is 10.5 Å². The lowest BCUT2D eigenvalue weighted by molar-refractivity contribution is -0.385. The fraction of sp³-hybridized carbons (Fsp3) is 0.227. The Kier molecular flexibility index (Phi) is 6.26. The molecule has 1 aliphatic rings. The quantitative estimate of drug-likeness (QED) is 0.171. The maximum Gasteiger partial charge on any atom is 0.339 e. The van der Waals surface area contributed by atoms with Gasteiger partial charge < -0.3 is 4.74 Å². The number of unbranched alkanes of at least 4 members (excludes halogenated alkanes) is 2. The molecule has 2 aromatic carbocycles. The minimum Gasteiger partial charge on any atom is -0.462 e. The van der Waals surface area contributed by atoms with Crippen molar-refractivity contribution in [3.8, 4) is 23.3 Å². The molecule has 0 aromatic heterocycles. The number of fused-ring (bicyclic) bond motifs is 3. The number of hydrogen-bond donors (Lipinski definition) is 0. The molecule has 10 heteroatoms. The molecule has 10 nitrogen and oxygen atoms in total. The summed E-state index contributed by atoms with van der Waals surface area (Å²) in [6.07, 6.45) is 2.38. The minimum atomic E-state index is -0.790. The van der Waals surface area contributed by atoms with Crippen LogP contribution in [0.25, 0.3) is 16.7 Å². The Morgan fingerprint density at radius 2 is 1.62 bits per heavy atom. The molecule has 32 heavy (non-hydrogen) atoms. The van der Waals surface area contributed by atoms with E-state index in [-0.39, 0.29) is 45.7 Å². The van der Waals surface area contributed by atoms with Gasteiger partial charge in [-0.05, 0) is 29.2 Å². The average molecular weight is 432 g/mol. The third-order valence-corrected chi connectivity index (χ3v) is 5.03. The smallest absolute Gasteiger partial charge is 0.339 e. The number of nitrogens with zero attached hydrogens (tertiary/aromatic N) is 4. The van der Waals surface area contributed by atoms with E-state index < -0.39 is 21.5 Å². The number of ether oxygens (including phenoxy) is 1. The van der Waals surface area contributed by atoms with Gasteiger partial charge in [0.25, 0.3) is 11.4 Å². The predicted molar refractivity (Wildman–Crippen MR) is 112 cm³/mol. The van der Waals surface area contributed by atoms with Crippen molar-refractivity contribution in [2.45, 2.75) is 26.2 Å². The lowest BCUT2D eigenvalue weighted by atomic mass is 9.96. The van der Waals surface area contributed by atoms with Crippen LogP contribution in [0, 0.1) is 42.9 Å². The number of benzene rings is 2. The Hall–Kier alpha value is -4.57. The highest BCUT2D eigenvalue weighted by Gasteiger charge is 2.34. The van der Waals surface area contributed by atoms with Crippen molar-refractivity contribution >= 4 is 22.9 Å². The molecule has 1 aliphatic carbocycles. The molecule has 0 saturated carbocycles. The second-order valence-corrected chi connectivity index (χ2v) is 6.98. The average Bonchev–Trinajstić information content (AvgIpc) is 3.10. The number of nitro benzene ring substituents is 2. The second kappa shape index (κ2) is 9.06. The van der Waals surface area contributed by atoms with Crippen LogP contribution >= 0.6 is 0 Å². The Bertz CT molecular complexity index is 1250. The molecule has 160 valence electrons. The molecule has 0 fully saturated rings. The van der Waals surface area contributed by atoms with Crippen LogP contribution in [-0.4, -0.2) is 22.4 Å². The molecular weight excluding hydrogens is 416 g/mol. The van der Waals surface area contributed by atoms with Crippen LogP contribution in [0.5, 0.6) is 0 Å². The fourth-order valence-corrected chi connectivity index (χ4v) is 3.60. The van der Waals surface area contributed by atoms with Crippen molar-refractivity contribution in [1.82, 2.24) is 0 Å². The van der Waals surface area contributed by atoms with Crippen molar-refractivity contribution in [1.29, 1.82) is 10.5 Å². The molecular formula is C22H16N4O6. The Morgan fingerprint density at radius 3 is 2.22 bits per heavy atom. The topological polar surface area (TPSA) is 160 Å². The van der Waals surface area contributed by atoms with Crippen LogP contribution in [-0.2, 0) is 4.74 Å². The van der Waals surface area contributed by atoms with Crippen LogP contribution in [0.2, 0.25) is 0 Å². The van der Waals surface area contributed by atoms with E-state index in [4.69, 9.17) is 4.74 Å². The monoisotopic (exact) mass is 432 g/mol. The Morgan fingerprint density at radius 1 is 0.969 bits per heavy atom.